The molecule has 1 saturated heterocycles. The Hall–Kier alpha value is -3.43. The summed E-state index contributed by atoms with van der Waals surface area (Å²) in [6.07, 6.45) is 0.254. The quantitative estimate of drug-likeness (QED) is 0.546. The number of methoxy groups -OCH3 is 1. The van der Waals surface area contributed by atoms with Crippen LogP contribution in [-0.4, -0.2) is 72.0 Å². The van der Waals surface area contributed by atoms with Crippen LogP contribution in [0.15, 0.2) is 59.4 Å². The molecule has 1 fully saturated rings. The Morgan fingerprint density at radius 1 is 1.00 bits per heavy atom. The number of fused-ring (bicyclic) bond motifs is 1. The number of aromatic nitrogens is 2. The van der Waals surface area contributed by atoms with Crippen LogP contribution in [0.3, 0.4) is 0 Å². The third-order valence-electron chi connectivity index (χ3n) is 5.85. The van der Waals surface area contributed by atoms with Gasteiger partial charge in [0, 0.05) is 32.6 Å². The van der Waals surface area contributed by atoms with E-state index in [1.807, 2.05) is 42.5 Å². The van der Waals surface area contributed by atoms with Crippen LogP contribution in [0, 0.1) is 0 Å². The molecule has 1 atom stereocenters. The van der Waals surface area contributed by atoms with E-state index in [1.165, 1.54) is 7.11 Å². The maximum absolute atomic E-state index is 13.3. The lowest BCUT2D eigenvalue weighted by Crippen LogP contribution is -2.47. The normalized spacial score (nSPS) is 15.3. The molecule has 1 N–H and O–H groups in total. The standard InChI is InChI=1S/C24H28N4O5/c1-32-22(29)19(17-18-7-3-2-4-8-18)25-23(30)28-21-10-6-5-9-20(21)27(24(28)31)12-11-26-13-15-33-16-14-26/h2-10,19H,11-17H2,1H3,(H,25,30)/t19-/m0/s1. The number of para-hydroxylation sites is 2. The molecule has 9 heteroatoms. The first-order valence-corrected chi connectivity index (χ1v) is 11.0. The molecule has 1 aliphatic heterocycles. The third kappa shape index (κ3) is 5.15. The van der Waals surface area contributed by atoms with Gasteiger partial charge < -0.3 is 14.8 Å². The summed E-state index contributed by atoms with van der Waals surface area (Å²) in [4.78, 5) is 41.1. The zero-order valence-electron chi connectivity index (χ0n) is 18.6. The monoisotopic (exact) mass is 452 g/mol. The summed E-state index contributed by atoms with van der Waals surface area (Å²) >= 11 is 0. The topological polar surface area (TPSA) is 94.8 Å². The highest BCUT2D eigenvalue weighted by Crippen LogP contribution is 2.14. The summed E-state index contributed by atoms with van der Waals surface area (Å²) < 4.78 is 13.0. The second kappa shape index (κ2) is 10.5. The predicted octanol–water partition coefficient (Wildman–Crippen LogP) is 1.48. The summed E-state index contributed by atoms with van der Waals surface area (Å²) in [7, 11) is 1.27. The highest BCUT2D eigenvalue weighted by Gasteiger charge is 2.26. The van der Waals surface area contributed by atoms with Gasteiger partial charge in [0.15, 0.2) is 0 Å². The summed E-state index contributed by atoms with van der Waals surface area (Å²) in [6.45, 7) is 4.11. The number of morpholine rings is 1. The van der Waals surface area contributed by atoms with Crippen LogP contribution >= 0.6 is 0 Å². The maximum Gasteiger partial charge on any atom is 0.337 e. The molecule has 0 aliphatic carbocycles. The van der Waals surface area contributed by atoms with Crippen LogP contribution in [0.5, 0.6) is 0 Å². The number of hydrogen-bond donors (Lipinski definition) is 1. The highest BCUT2D eigenvalue weighted by molar-refractivity contribution is 5.91. The van der Waals surface area contributed by atoms with Crippen LogP contribution in [-0.2, 0) is 27.2 Å². The molecule has 1 aromatic heterocycles. The van der Waals surface area contributed by atoms with Gasteiger partial charge in [-0.15, -0.1) is 0 Å². The zero-order valence-corrected chi connectivity index (χ0v) is 18.6. The van der Waals surface area contributed by atoms with Crippen LogP contribution in [0.4, 0.5) is 4.79 Å². The van der Waals surface area contributed by atoms with Gasteiger partial charge in [0.2, 0.25) is 0 Å². The molecule has 33 heavy (non-hydrogen) atoms. The molecule has 3 aromatic rings. The molecule has 174 valence electrons. The molecule has 4 rings (SSSR count). The Morgan fingerprint density at radius 3 is 2.36 bits per heavy atom. The Balaban J connectivity index is 1.59. The van der Waals surface area contributed by atoms with Gasteiger partial charge >= 0.3 is 17.7 Å². The van der Waals surface area contributed by atoms with Gasteiger partial charge in [0.1, 0.15) is 6.04 Å². The van der Waals surface area contributed by atoms with Crippen LogP contribution in [0.25, 0.3) is 11.0 Å². The van der Waals surface area contributed by atoms with Gasteiger partial charge in [-0.05, 0) is 17.7 Å². The number of hydrogen-bond acceptors (Lipinski definition) is 6. The van der Waals surface area contributed by atoms with Crippen molar-refractivity contribution in [3.63, 3.8) is 0 Å². The van der Waals surface area contributed by atoms with Crippen molar-refractivity contribution in [1.29, 1.82) is 0 Å². The van der Waals surface area contributed by atoms with Crippen molar-refractivity contribution >= 4 is 23.0 Å². The summed E-state index contributed by atoms with van der Waals surface area (Å²) in [5.74, 6) is -0.573. The first kappa shape index (κ1) is 22.8. The van der Waals surface area contributed by atoms with E-state index < -0.39 is 23.7 Å². The third-order valence-corrected chi connectivity index (χ3v) is 5.85. The van der Waals surface area contributed by atoms with E-state index in [1.54, 1.807) is 16.7 Å². The van der Waals surface area contributed by atoms with Gasteiger partial charge in [-0.25, -0.2) is 19.0 Å². The fourth-order valence-corrected chi connectivity index (χ4v) is 4.09. The van der Waals surface area contributed by atoms with E-state index in [0.717, 1.165) is 23.2 Å². The number of esters is 1. The molecule has 2 heterocycles. The van der Waals surface area contributed by atoms with Crippen LogP contribution in [0.1, 0.15) is 5.56 Å². The Bertz CT molecular complexity index is 1160. The van der Waals surface area contributed by atoms with E-state index in [9.17, 15) is 14.4 Å². The van der Waals surface area contributed by atoms with Crippen molar-refractivity contribution in [2.75, 3.05) is 40.0 Å². The molecule has 2 aromatic carbocycles. The summed E-state index contributed by atoms with van der Waals surface area (Å²) in [6, 6.07) is 14.9. The zero-order chi connectivity index (χ0) is 23.2. The Labute approximate surface area is 191 Å². The number of carbonyl (C=O) groups is 2. The first-order valence-electron chi connectivity index (χ1n) is 11.0. The second-order valence-corrected chi connectivity index (χ2v) is 7.93. The number of carbonyl (C=O) groups excluding carboxylic acids is 2. The first-order chi connectivity index (χ1) is 16.1. The van der Waals surface area contributed by atoms with Gasteiger partial charge in [0.05, 0.1) is 31.4 Å². The molecular formula is C24H28N4O5. The van der Waals surface area contributed by atoms with Gasteiger partial charge in [0.25, 0.3) is 0 Å². The van der Waals surface area contributed by atoms with Crippen molar-refractivity contribution in [3.05, 3.63) is 70.6 Å². The minimum absolute atomic E-state index is 0.254. The lowest BCUT2D eigenvalue weighted by molar-refractivity contribution is -0.142. The van der Waals surface area contributed by atoms with Gasteiger partial charge in [-0.2, -0.15) is 0 Å². The molecule has 9 nitrogen and oxygen atoms in total. The fourth-order valence-electron chi connectivity index (χ4n) is 4.09. The molecule has 1 aliphatic rings. The minimum atomic E-state index is -0.924. The number of benzene rings is 2. The van der Waals surface area contributed by atoms with E-state index in [0.29, 0.717) is 37.3 Å². The fraction of sp³-hybridized carbons (Fsp3) is 0.375. The van der Waals surface area contributed by atoms with E-state index in [-0.39, 0.29) is 6.42 Å². The van der Waals surface area contributed by atoms with E-state index in [4.69, 9.17) is 9.47 Å². The number of imidazole rings is 1. The second-order valence-electron chi connectivity index (χ2n) is 7.93. The molecule has 0 unspecified atom stereocenters. The highest BCUT2D eigenvalue weighted by atomic mass is 16.5. The molecule has 0 saturated carbocycles. The average molecular weight is 453 g/mol. The number of nitrogens with one attached hydrogen (secondary N) is 1. The summed E-state index contributed by atoms with van der Waals surface area (Å²) in [5.41, 5.74) is 1.59. The van der Waals surface area contributed by atoms with Gasteiger partial charge in [-0.1, -0.05) is 42.5 Å². The lowest BCUT2D eigenvalue weighted by atomic mass is 10.1. The lowest BCUT2D eigenvalue weighted by Gasteiger charge is -2.26. The smallest absolute Gasteiger partial charge is 0.337 e. The Kier molecular flexibility index (Phi) is 7.21. The molecular weight excluding hydrogens is 424 g/mol. The Morgan fingerprint density at radius 2 is 1.67 bits per heavy atom. The number of rotatable bonds is 7. The van der Waals surface area contributed by atoms with E-state index in [2.05, 4.69) is 10.2 Å². The molecule has 1 amide bonds. The van der Waals surface area contributed by atoms with Crippen LogP contribution < -0.4 is 11.0 Å². The molecule has 0 bridgehead atoms. The van der Waals surface area contributed by atoms with Gasteiger partial charge in [-0.3, -0.25) is 9.47 Å². The number of ether oxygens (including phenoxy) is 2. The number of amides is 1. The average Bonchev–Trinajstić information content (AvgIpc) is 3.14. The van der Waals surface area contributed by atoms with Crippen molar-refractivity contribution in [2.45, 2.75) is 19.0 Å². The predicted molar refractivity (Wildman–Crippen MR) is 123 cm³/mol. The SMILES string of the molecule is COC(=O)[C@H](Cc1ccccc1)NC(=O)n1c(=O)n(CCN2CCOCC2)c2ccccc21. The molecule has 0 radical (unpaired) electrons. The molecule has 0 spiro atoms. The van der Waals surface area contributed by atoms with Crippen molar-refractivity contribution in [1.82, 2.24) is 19.4 Å². The minimum Gasteiger partial charge on any atom is -0.467 e. The largest absolute Gasteiger partial charge is 0.467 e. The number of nitrogens with zero attached hydrogens (tertiary/aromatic N) is 3. The van der Waals surface area contributed by atoms with Crippen molar-refractivity contribution < 1.29 is 19.1 Å². The van der Waals surface area contributed by atoms with Crippen molar-refractivity contribution in [3.8, 4) is 0 Å². The summed E-state index contributed by atoms with van der Waals surface area (Å²) in [5, 5.41) is 2.69. The maximum atomic E-state index is 13.3. The van der Waals surface area contributed by atoms with E-state index >= 15 is 0 Å². The van der Waals surface area contributed by atoms with Crippen molar-refractivity contribution in [2.24, 2.45) is 0 Å². The van der Waals surface area contributed by atoms with Crippen LogP contribution in [0.2, 0.25) is 0 Å².